The topological polar surface area (TPSA) is 75.8 Å². The van der Waals surface area contributed by atoms with Crippen molar-refractivity contribution in [1.82, 2.24) is 4.90 Å². The average molecular weight is 324 g/mol. The zero-order valence-electron chi connectivity index (χ0n) is 13.0. The molecular weight excluding hydrogens is 301 g/mol. The van der Waals surface area contributed by atoms with Crippen LogP contribution < -0.4 is 5.73 Å². The first-order valence-electron chi connectivity index (χ1n) is 7.06. The smallest absolute Gasteiger partial charge is 0.432 e. The van der Waals surface area contributed by atoms with Crippen molar-refractivity contribution < 1.29 is 27.8 Å². The van der Waals surface area contributed by atoms with E-state index >= 15 is 0 Å². The Balaban J connectivity index is 2.47. The molecule has 128 valence electrons. The fourth-order valence-corrected chi connectivity index (χ4v) is 2.07. The maximum atomic E-state index is 12.4. The van der Waals surface area contributed by atoms with E-state index in [0.717, 1.165) is 12.6 Å². The maximum Gasteiger partial charge on any atom is 0.432 e. The van der Waals surface area contributed by atoms with Crippen LogP contribution in [-0.2, 0) is 9.53 Å². The Morgan fingerprint density at radius 2 is 2.00 bits per heavy atom. The highest BCUT2D eigenvalue weighted by Gasteiger charge is 2.37. The van der Waals surface area contributed by atoms with Gasteiger partial charge in [0.05, 0.1) is 17.6 Å². The van der Waals surface area contributed by atoms with Crippen molar-refractivity contribution in [2.24, 2.45) is 11.1 Å². The zero-order valence-corrected chi connectivity index (χ0v) is 13.0. The maximum absolute atomic E-state index is 12.4. The van der Waals surface area contributed by atoms with Gasteiger partial charge < -0.3 is 20.5 Å². The Kier molecular flexibility index (Phi) is 5.72. The largest absolute Gasteiger partial charge is 0.481 e. The van der Waals surface area contributed by atoms with E-state index in [1.54, 1.807) is 13.8 Å². The van der Waals surface area contributed by atoms with Gasteiger partial charge in [0.2, 0.25) is 0 Å². The van der Waals surface area contributed by atoms with Crippen LogP contribution in [0.4, 0.5) is 13.2 Å². The van der Waals surface area contributed by atoms with E-state index in [4.69, 9.17) is 15.6 Å². The molecule has 2 atom stereocenters. The second kappa shape index (κ2) is 6.76. The Morgan fingerprint density at radius 3 is 2.41 bits per heavy atom. The minimum absolute atomic E-state index is 0.172. The zero-order chi connectivity index (χ0) is 17.1. The van der Waals surface area contributed by atoms with E-state index < -0.39 is 23.3 Å². The number of ether oxygens (including phenoxy) is 1. The van der Waals surface area contributed by atoms with E-state index in [0.29, 0.717) is 12.8 Å². The third kappa shape index (κ3) is 4.79. The Hall–Kier alpha value is -1.44. The van der Waals surface area contributed by atoms with Crippen LogP contribution in [0.3, 0.4) is 0 Å². The third-order valence-electron chi connectivity index (χ3n) is 4.01. The summed E-state index contributed by atoms with van der Waals surface area (Å²) in [6.07, 6.45) is -2.07. The molecule has 22 heavy (non-hydrogen) atoms. The van der Waals surface area contributed by atoms with Gasteiger partial charge in [-0.3, -0.25) is 4.79 Å². The van der Waals surface area contributed by atoms with Crippen molar-refractivity contribution >= 4 is 5.97 Å². The lowest BCUT2D eigenvalue weighted by Crippen LogP contribution is -2.49. The number of hydrogen-bond acceptors (Lipinski definition) is 4. The van der Waals surface area contributed by atoms with E-state index in [1.807, 2.05) is 0 Å². The normalized spacial score (nSPS) is 23.1. The van der Waals surface area contributed by atoms with Crippen molar-refractivity contribution in [3.8, 4) is 0 Å². The number of hydrogen-bond donors (Lipinski definition) is 2. The van der Waals surface area contributed by atoms with Crippen LogP contribution in [0.2, 0.25) is 0 Å². The van der Waals surface area contributed by atoms with Gasteiger partial charge >= 0.3 is 12.1 Å². The Bertz CT molecular complexity index is 436. The van der Waals surface area contributed by atoms with Crippen molar-refractivity contribution in [3.63, 3.8) is 0 Å². The number of nitrogens with two attached hydrogens (primary N) is 1. The molecule has 0 heterocycles. The summed E-state index contributed by atoms with van der Waals surface area (Å²) in [5.41, 5.74) is 2.96. The Morgan fingerprint density at radius 1 is 1.41 bits per heavy atom. The molecule has 0 amide bonds. The lowest BCUT2D eigenvalue weighted by atomic mass is 9.87. The minimum atomic E-state index is -4.54. The van der Waals surface area contributed by atoms with Crippen molar-refractivity contribution in [3.05, 3.63) is 11.9 Å². The Labute approximate surface area is 127 Å². The van der Waals surface area contributed by atoms with Crippen LogP contribution >= 0.6 is 0 Å². The first-order valence-corrected chi connectivity index (χ1v) is 7.06. The summed E-state index contributed by atoms with van der Waals surface area (Å²) in [5.74, 6) is -0.903. The molecule has 0 radical (unpaired) electrons. The highest BCUT2D eigenvalue weighted by molar-refractivity contribution is 5.73. The summed E-state index contributed by atoms with van der Waals surface area (Å²) < 4.78 is 42.8. The molecular formula is C14H23F3N2O3. The monoisotopic (exact) mass is 324 g/mol. The molecule has 1 fully saturated rings. The van der Waals surface area contributed by atoms with Crippen LogP contribution in [0.5, 0.6) is 0 Å². The SMILES string of the molecule is CN(/C=C(\N)C(F)(F)F)[C@H]1CCC1OCCC(C)(C)C(=O)O. The molecule has 5 nitrogen and oxygen atoms in total. The van der Waals surface area contributed by atoms with Crippen molar-refractivity contribution in [1.29, 1.82) is 0 Å². The van der Waals surface area contributed by atoms with Crippen molar-refractivity contribution in [2.75, 3.05) is 13.7 Å². The number of aliphatic carboxylic acids is 1. The number of rotatable bonds is 7. The van der Waals surface area contributed by atoms with Gasteiger partial charge in [-0.25, -0.2) is 0 Å². The minimum Gasteiger partial charge on any atom is -0.481 e. The molecule has 1 unspecified atom stereocenters. The second-order valence-corrected chi connectivity index (χ2v) is 6.24. The first-order chi connectivity index (χ1) is 9.95. The van der Waals surface area contributed by atoms with Crippen LogP contribution in [0, 0.1) is 5.41 Å². The third-order valence-corrected chi connectivity index (χ3v) is 4.01. The molecule has 3 N–H and O–H groups in total. The van der Waals surface area contributed by atoms with E-state index in [9.17, 15) is 18.0 Å². The first kappa shape index (κ1) is 18.6. The van der Waals surface area contributed by atoms with Gasteiger partial charge in [-0.15, -0.1) is 0 Å². The number of likely N-dealkylation sites (N-methyl/N-ethyl adjacent to an activating group) is 1. The molecule has 1 aliphatic carbocycles. The lowest BCUT2D eigenvalue weighted by molar-refractivity contribution is -0.149. The lowest BCUT2D eigenvalue weighted by Gasteiger charge is -2.42. The number of carboxylic acids is 1. The van der Waals surface area contributed by atoms with E-state index in [2.05, 4.69) is 0 Å². The van der Waals surface area contributed by atoms with Gasteiger partial charge in [0.25, 0.3) is 0 Å². The molecule has 0 saturated heterocycles. The fourth-order valence-electron chi connectivity index (χ4n) is 2.07. The number of alkyl halides is 3. The number of carbonyl (C=O) groups is 1. The summed E-state index contributed by atoms with van der Waals surface area (Å²) >= 11 is 0. The highest BCUT2D eigenvalue weighted by atomic mass is 19.4. The molecule has 0 spiro atoms. The molecule has 1 rings (SSSR count). The van der Waals surface area contributed by atoms with E-state index in [-0.39, 0.29) is 18.8 Å². The van der Waals surface area contributed by atoms with Crippen LogP contribution in [0.25, 0.3) is 0 Å². The molecule has 0 aromatic heterocycles. The van der Waals surface area contributed by atoms with Gasteiger partial charge in [-0.2, -0.15) is 13.2 Å². The van der Waals surface area contributed by atoms with Gasteiger partial charge in [-0.05, 0) is 33.1 Å². The molecule has 0 aromatic carbocycles. The summed E-state index contributed by atoms with van der Waals surface area (Å²) in [5, 5.41) is 9.00. The molecule has 0 aliphatic heterocycles. The number of allylic oxidation sites excluding steroid dienone is 1. The standard InChI is InChI=1S/C14H23F3N2O3/c1-13(2,12(20)21)6-7-22-10-5-4-9(10)19(3)8-11(18)14(15,16)17/h8-10H,4-7,18H2,1-3H3,(H,20,21)/b11-8-/t9-,10?/m0/s1. The number of halogens is 3. The molecule has 8 heteroatoms. The molecule has 0 bridgehead atoms. The van der Waals surface area contributed by atoms with Gasteiger partial charge in [0.15, 0.2) is 0 Å². The summed E-state index contributed by atoms with van der Waals surface area (Å²) in [7, 11) is 1.53. The predicted octanol–water partition coefficient (Wildman–Crippen LogP) is 2.33. The van der Waals surface area contributed by atoms with E-state index in [1.165, 1.54) is 11.9 Å². The fraction of sp³-hybridized carbons (Fsp3) is 0.786. The van der Waals surface area contributed by atoms with Crippen molar-refractivity contribution in [2.45, 2.75) is 51.4 Å². The quantitative estimate of drug-likeness (QED) is 0.752. The van der Waals surface area contributed by atoms with Crippen LogP contribution in [0.15, 0.2) is 11.9 Å². The second-order valence-electron chi connectivity index (χ2n) is 6.24. The molecule has 1 saturated carbocycles. The van der Waals surface area contributed by atoms with Gasteiger partial charge in [0.1, 0.15) is 5.70 Å². The molecule has 1 aliphatic rings. The number of carboxylic acid groups (broad SMARTS) is 1. The highest BCUT2D eigenvalue weighted by Crippen LogP contribution is 2.31. The summed E-state index contributed by atoms with van der Waals surface area (Å²) in [4.78, 5) is 12.4. The number of nitrogens with zero attached hydrogens (tertiary/aromatic N) is 1. The van der Waals surface area contributed by atoms with Crippen LogP contribution in [0.1, 0.15) is 33.1 Å². The molecule has 0 aromatic rings. The van der Waals surface area contributed by atoms with Gasteiger partial charge in [-0.1, -0.05) is 0 Å². The van der Waals surface area contributed by atoms with Gasteiger partial charge in [0, 0.05) is 19.9 Å². The predicted molar refractivity (Wildman–Crippen MR) is 74.9 cm³/mol. The summed E-state index contributed by atoms with van der Waals surface area (Å²) in [6.45, 7) is 3.47. The average Bonchev–Trinajstić information content (AvgIpc) is 2.31. The summed E-state index contributed by atoms with van der Waals surface area (Å²) in [6, 6.07) is -0.172. The van der Waals surface area contributed by atoms with Crippen LogP contribution in [-0.4, -0.2) is 48.0 Å².